The summed E-state index contributed by atoms with van der Waals surface area (Å²) in [6, 6.07) is 22.7. The number of sulfonamides is 1. The topological polar surface area (TPSA) is 107 Å². The van der Waals surface area contributed by atoms with Crippen LogP contribution in [-0.2, 0) is 27.7 Å². The van der Waals surface area contributed by atoms with Crippen LogP contribution in [0.5, 0.6) is 0 Å². The van der Waals surface area contributed by atoms with Crippen LogP contribution in [0.4, 0.5) is 0 Å². The Bertz CT molecular complexity index is 1390. The number of aryl methyl sites for hydroxylation is 3. The zero-order valence-corrected chi connectivity index (χ0v) is 24.7. The molecule has 3 aromatic carbocycles. The number of rotatable bonds is 15. The van der Waals surface area contributed by atoms with E-state index in [4.69, 9.17) is 5.11 Å². The van der Waals surface area contributed by atoms with Crippen molar-refractivity contribution in [3.63, 3.8) is 0 Å². The van der Waals surface area contributed by atoms with Gasteiger partial charge >= 0.3 is 5.97 Å². The molecule has 3 N–H and O–H groups in total. The third kappa shape index (κ3) is 9.55. The van der Waals surface area contributed by atoms with Gasteiger partial charge in [-0.05, 0) is 80.8 Å². The number of carboxylic acids is 1. The van der Waals surface area contributed by atoms with E-state index in [9.17, 15) is 18.3 Å². The van der Waals surface area contributed by atoms with Crippen molar-refractivity contribution in [1.82, 2.24) is 9.62 Å². The summed E-state index contributed by atoms with van der Waals surface area (Å²) in [5, 5.41) is 23.0. The predicted octanol–water partition coefficient (Wildman–Crippen LogP) is 5.05. The van der Waals surface area contributed by atoms with E-state index in [2.05, 4.69) is 50.4 Å². The molecule has 0 aliphatic carbocycles. The first-order valence-electron chi connectivity index (χ1n) is 13.7. The maximum atomic E-state index is 13.3. The van der Waals surface area contributed by atoms with Crippen molar-refractivity contribution < 1.29 is 23.4 Å². The summed E-state index contributed by atoms with van der Waals surface area (Å²) in [5.74, 6) is -0.861. The lowest BCUT2D eigenvalue weighted by Gasteiger charge is -2.29. The summed E-state index contributed by atoms with van der Waals surface area (Å²) < 4.78 is 27.8. The van der Waals surface area contributed by atoms with Crippen molar-refractivity contribution in [2.75, 3.05) is 20.1 Å². The number of carbonyl (C=O) groups is 1. The largest absolute Gasteiger partial charge is 0.481 e. The maximum absolute atomic E-state index is 13.3. The van der Waals surface area contributed by atoms with E-state index in [1.807, 2.05) is 30.3 Å². The van der Waals surface area contributed by atoms with Gasteiger partial charge in [0.2, 0.25) is 10.0 Å². The van der Waals surface area contributed by atoms with Crippen LogP contribution < -0.4 is 5.32 Å². The smallest absolute Gasteiger partial charge is 0.303 e. The van der Waals surface area contributed by atoms with E-state index >= 15 is 0 Å². The molecule has 0 aliphatic rings. The zero-order chi connectivity index (χ0) is 29.3. The van der Waals surface area contributed by atoms with Crippen LogP contribution in [0, 0.1) is 6.92 Å². The van der Waals surface area contributed by atoms with Crippen LogP contribution in [-0.4, -0.2) is 60.7 Å². The molecule has 3 rings (SSSR count). The molecule has 0 aromatic heterocycles. The number of aliphatic hydroxyl groups excluding tert-OH is 1. The summed E-state index contributed by atoms with van der Waals surface area (Å²) in [7, 11) is -2.35. The van der Waals surface area contributed by atoms with Crippen molar-refractivity contribution in [3.05, 3.63) is 89.5 Å². The standard InChI is InChI=1S/C32H42N2O5S/c1-24-9-5-10-25(19-24)12-8-18-32(2,3)33-22-29(35)23-34(4)40(38,39)30-15-7-14-28(21-30)27-13-6-11-26(20-27)16-17-31(36)37/h5-7,9-11,13-15,19-21,29,33,35H,8,12,16-18,22-23H2,1-4H3,(H,36,37). The molecule has 8 heteroatoms. The van der Waals surface area contributed by atoms with Gasteiger partial charge < -0.3 is 15.5 Å². The molecule has 3 aromatic rings. The van der Waals surface area contributed by atoms with Crippen molar-refractivity contribution in [2.45, 2.75) is 69.4 Å². The Morgan fingerprint density at radius 2 is 1.57 bits per heavy atom. The highest BCUT2D eigenvalue weighted by atomic mass is 32.2. The second-order valence-corrected chi connectivity index (χ2v) is 13.2. The minimum atomic E-state index is -3.83. The van der Waals surface area contributed by atoms with E-state index in [0.29, 0.717) is 6.42 Å². The molecule has 0 bridgehead atoms. The number of benzene rings is 3. The van der Waals surface area contributed by atoms with Crippen LogP contribution in [0.1, 0.15) is 49.8 Å². The minimum absolute atomic E-state index is 0.0322. The lowest BCUT2D eigenvalue weighted by Crippen LogP contribution is -2.46. The van der Waals surface area contributed by atoms with E-state index in [-0.39, 0.29) is 29.9 Å². The fourth-order valence-corrected chi connectivity index (χ4v) is 5.97. The van der Waals surface area contributed by atoms with E-state index in [0.717, 1.165) is 36.0 Å². The fourth-order valence-electron chi connectivity index (χ4n) is 4.72. The lowest BCUT2D eigenvalue weighted by molar-refractivity contribution is -0.136. The van der Waals surface area contributed by atoms with Gasteiger partial charge in [0.05, 0.1) is 11.0 Å². The number of likely N-dealkylation sites (N-methyl/N-ethyl adjacent to an activating group) is 1. The molecule has 0 heterocycles. The minimum Gasteiger partial charge on any atom is -0.481 e. The van der Waals surface area contributed by atoms with E-state index in [1.165, 1.54) is 22.5 Å². The third-order valence-electron chi connectivity index (χ3n) is 7.06. The predicted molar refractivity (Wildman–Crippen MR) is 160 cm³/mol. The average molecular weight is 567 g/mol. The molecule has 1 unspecified atom stereocenters. The number of aliphatic hydroxyl groups is 1. The van der Waals surface area contributed by atoms with E-state index in [1.54, 1.807) is 18.2 Å². The molecule has 0 spiro atoms. The maximum Gasteiger partial charge on any atom is 0.303 e. The first-order chi connectivity index (χ1) is 18.9. The Kier molecular flexibility index (Phi) is 11.0. The Balaban J connectivity index is 1.56. The van der Waals surface area contributed by atoms with Gasteiger partial charge in [-0.1, -0.05) is 66.2 Å². The highest BCUT2D eigenvalue weighted by Crippen LogP contribution is 2.25. The second-order valence-electron chi connectivity index (χ2n) is 11.2. The van der Waals surface area contributed by atoms with Crippen molar-refractivity contribution in [2.24, 2.45) is 0 Å². The van der Waals surface area contributed by atoms with Crippen molar-refractivity contribution in [1.29, 1.82) is 0 Å². The SMILES string of the molecule is Cc1cccc(CCCC(C)(C)NCC(O)CN(C)S(=O)(=O)c2cccc(-c3cccc(CCC(=O)O)c3)c2)c1. The summed E-state index contributed by atoms with van der Waals surface area (Å²) in [6.07, 6.45) is 2.48. The fraction of sp³-hybridized carbons (Fsp3) is 0.406. The molecular formula is C32H42N2O5S. The van der Waals surface area contributed by atoms with Crippen LogP contribution in [0.25, 0.3) is 11.1 Å². The number of hydrogen-bond acceptors (Lipinski definition) is 5. The average Bonchev–Trinajstić information content (AvgIpc) is 2.91. The van der Waals surface area contributed by atoms with Gasteiger partial charge in [-0.3, -0.25) is 4.79 Å². The first kappa shape index (κ1) is 31.5. The number of aliphatic carboxylic acids is 1. The third-order valence-corrected chi connectivity index (χ3v) is 8.88. The van der Waals surface area contributed by atoms with Gasteiger partial charge in [-0.15, -0.1) is 0 Å². The van der Waals surface area contributed by atoms with Crippen LogP contribution in [0.3, 0.4) is 0 Å². The van der Waals surface area contributed by atoms with Crippen LogP contribution >= 0.6 is 0 Å². The van der Waals surface area contributed by atoms with E-state index < -0.39 is 22.1 Å². The van der Waals surface area contributed by atoms with Gasteiger partial charge in [0.15, 0.2) is 0 Å². The molecular weight excluding hydrogens is 524 g/mol. The zero-order valence-electron chi connectivity index (χ0n) is 23.9. The summed E-state index contributed by atoms with van der Waals surface area (Å²) in [4.78, 5) is 11.1. The van der Waals surface area contributed by atoms with Crippen molar-refractivity contribution in [3.8, 4) is 11.1 Å². The van der Waals surface area contributed by atoms with Gasteiger partial charge in [0.1, 0.15) is 0 Å². The Labute approximate surface area is 238 Å². The lowest BCUT2D eigenvalue weighted by atomic mass is 9.95. The second kappa shape index (κ2) is 14.0. The highest BCUT2D eigenvalue weighted by Gasteiger charge is 2.25. The Hall–Kier alpha value is -3.04. The quantitative estimate of drug-likeness (QED) is 0.238. The van der Waals surface area contributed by atoms with Gasteiger partial charge in [0, 0.05) is 32.1 Å². The molecule has 216 valence electrons. The molecule has 40 heavy (non-hydrogen) atoms. The molecule has 0 fully saturated rings. The number of nitrogens with zero attached hydrogens (tertiary/aromatic N) is 1. The molecule has 1 atom stereocenters. The summed E-state index contributed by atoms with van der Waals surface area (Å²) in [6.45, 7) is 6.52. The molecule has 0 saturated carbocycles. The van der Waals surface area contributed by atoms with Gasteiger partial charge in [-0.25, -0.2) is 8.42 Å². The van der Waals surface area contributed by atoms with Crippen LogP contribution in [0.2, 0.25) is 0 Å². The Morgan fingerprint density at radius 3 is 2.25 bits per heavy atom. The molecule has 0 saturated heterocycles. The molecule has 7 nitrogen and oxygen atoms in total. The monoisotopic (exact) mass is 566 g/mol. The summed E-state index contributed by atoms with van der Waals surface area (Å²) in [5.41, 5.74) is 4.79. The number of hydrogen-bond donors (Lipinski definition) is 3. The number of nitrogens with one attached hydrogen (secondary N) is 1. The first-order valence-corrected chi connectivity index (χ1v) is 15.2. The highest BCUT2D eigenvalue weighted by molar-refractivity contribution is 7.89. The molecule has 0 radical (unpaired) electrons. The Morgan fingerprint density at radius 1 is 0.950 bits per heavy atom. The molecule has 0 amide bonds. The van der Waals surface area contributed by atoms with Crippen molar-refractivity contribution >= 4 is 16.0 Å². The normalized spacial score (nSPS) is 12.9. The van der Waals surface area contributed by atoms with Gasteiger partial charge in [-0.2, -0.15) is 4.31 Å². The molecule has 0 aliphatic heterocycles. The van der Waals surface area contributed by atoms with Crippen LogP contribution in [0.15, 0.2) is 77.7 Å². The number of carboxylic acid groups (broad SMARTS) is 1. The van der Waals surface area contributed by atoms with Gasteiger partial charge in [0.25, 0.3) is 0 Å². The number of β-amino-alcohol motifs (C(OH)–C–C–N with tert-alkyl or cyclic N) is 1. The summed E-state index contributed by atoms with van der Waals surface area (Å²) >= 11 is 0.